The molecule has 1 saturated carbocycles. The van der Waals surface area contributed by atoms with Crippen molar-refractivity contribution in [1.82, 2.24) is 4.90 Å². The molecule has 2 unspecified atom stereocenters. The number of rotatable bonds is 4. The molecule has 1 saturated heterocycles. The van der Waals surface area contributed by atoms with Crippen molar-refractivity contribution in [3.05, 3.63) is 30.3 Å². The largest absolute Gasteiger partial charge is 0.484 e. The van der Waals surface area contributed by atoms with Crippen LogP contribution in [0.2, 0.25) is 0 Å². The van der Waals surface area contributed by atoms with Gasteiger partial charge < -0.3 is 14.5 Å². The highest BCUT2D eigenvalue weighted by molar-refractivity contribution is 5.77. The lowest BCUT2D eigenvalue weighted by atomic mass is 9.86. The molecule has 23 heavy (non-hydrogen) atoms. The van der Waals surface area contributed by atoms with Gasteiger partial charge in [-0.1, -0.05) is 31.5 Å². The molecule has 2 aliphatic rings. The molecule has 0 spiro atoms. The zero-order chi connectivity index (χ0) is 16.1. The van der Waals surface area contributed by atoms with Gasteiger partial charge in [0.2, 0.25) is 0 Å². The molecule has 1 aromatic rings. The number of nitrogens with zero attached hydrogens (tertiary/aromatic N) is 1. The molecule has 0 bridgehead atoms. The Bertz CT molecular complexity index is 497. The Labute approximate surface area is 139 Å². The number of hydrogen-bond acceptors (Lipinski definition) is 2. The molecule has 126 valence electrons. The average Bonchev–Trinajstić information content (AvgIpc) is 2.61. The summed E-state index contributed by atoms with van der Waals surface area (Å²) < 4.78 is 5.58. The summed E-state index contributed by atoms with van der Waals surface area (Å²) in [4.78, 5) is 16.0. The van der Waals surface area contributed by atoms with Crippen LogP contribution < -0.4 is 9.64 Å². The topological polar surface area (TPSA) is 34.0 Å². The van der Waals surface area contributed by atoms with Crippen LogP contribution >= 0.6 is 0 Å². The van der Waals surface area contributed by atoms with Crippen molar-refractivity contribution in [1.29, 1.82) is 0 Å². The van der Waals surface area contributed by atoms with Crippen LogP contribution in [-0.2, 0) is 4.79 Å². The third-order valence-electron chi connectivity index (χ3n) is 5.38. The molecule has 1 N–H and O–H groups in total. The van der Waals surface area contributed by atoms with Crippen molar-refractivity contribution in [2.75, 3.05) is 32.8 Å². The Morgan fingerprint density at radius 1 is 1.22 bits per heavy atom. The van der Waals surface area contributed by atoms with Gasteiger partial charge >= 0.3 is 0 Å². The average molecular weight is 317 g/mol. The predicted octanol–water partition coefficient (Wildman–Crippen LogP) is 1.37. The molecule has 0 aromatic heterocycles. The number of carbonyl (C=O) groups is 1. The summed E-state index contributed by atoms with van der Waals surface area (Å²) in [6, 6.07) is 10.4. The van der Waals surface area contributed by atoms with E-state index in [1.54, 1.807) is 4.90 Å². The molecule has 1 aliphatic carbocycles. The molecular weight excluding hydrogens is 288 g/mol. The predicted molar refractivity (Wildman–Crippen MR) is 90.6 cm³/mol. The third kappa shape index (κ3) is 4.47. The molecule has 1 heterocycles. The number of piperazine rings is 1. The van der Waals surface area contributed by atoms with Gasteiger partial charge in [0.1, 0.15) is 5.75 Å². The number of ether oxygens (including phenoxy) is 1. The number of para-hydroxylation sites is 1. The van der Waals surface area contributed by atoms with Gasteiger partial charge in [-0.2, -0.15) is 0 Å². The van der Waals surface area contributed by atoms with Crippen LogP contribution in [0.15, 0.2) is 30.3 Å². The van der Waals surface area contributed by atoms with Crippen molar-refractivity contribution < 1.29 is 14.4 Å². The number of hydrogen-bond donors (Lipinski definition) is 1. The number of carbonyl (C=O) groups excluding carboxylic acids is 1. The SMILES string of the molecule is CC1CCCC([NH+]2CCN(C(=O)COc3ccccc3)CC2)C1. The van der Waals surface area contributed by atoms with Gasteiger partial charge in [-0.25, -0.2) is 0 Å². The van der Waals surface area contributed by atoms with Crippen LogP contribution in [0.5, 0.6) is 5.75 Å². The van der Waals surface area contributed by atoms with E-state index < -0.39 is 0 Å². The zero-order valence-corrected chi connectivity index (χ0v) is 14.2. The molecule has 2 fully saturated rings. The zero-order valence-electron chi connectivity index (χ0n) is 14.2. The Balaban J connectivity index is 1.42. The molecule has 4 heteroatoms. The fraction of sp³-hybridized carbons (Fsp3) is 0.632. The van der Waals surface area contributed by atoms with E-state index in [4.69, 9.17) is 4.74 Å². The van der Waals surface area contributed by atoms with Crippen LogP contribution in [-0.4, -0.2) is 49.6 Å². The summed E-state index contributed by atoms with van der Waals surface area (Å²) in [6.07, 6.45) is 5.50. The normalized spacial score (nSPS) is 26.0. The lowest BCUT2D eigenvalue weighted by molar-refractivity contribution is -0.930. The highest BCUT2D eigenvalue weighted by atomic mass is 16.5. The molecule has 4 nitrogen and oxygen atoms in total. The van der Waals surface area contributed by atoms with E-state index in [2.05, 4.69) is 6.92 Å². The molecule has 1 amide bonds. The lowest BCUT2D eigenvalue weighted by Gasteiger charge is -2.39. The van der Waals surface area contributed by atoms with E-state index in [-0.39, 0.29) is 12.5 Å². The van der Waals surface area contributed by atoms with Gasteiger partial charge in [-0.3, -0.25) is 4.79 Å². The Morgan fingerprint density at radius 3 is 2.65 bits per heavy atom. The summed E-state index contributed by atoms with van der Waals surface area (Å²) in [7, 11) is 0. The molecular formula is C19H29N2O2+. The van der Waals surface area contributed by atoms with Gasteiger partial charge in [-0.15, -0.1) is 0 Å². The van der Waals surface area contributed by atoms with Gasteiger partial charge in [0.05, 0.1) is 32.2 Å². The number of nitrogens with one attached hydrogen (secondary N) is 1. The van der Waals surface area contributed by atoms with Crippen molar-refractivity contribution in [3.8, 4) is 5.75 Å². The van der Waals surface area contributed by atoms with Crippen molar-refractivity contribution in [2.24, 2.45) is 5.92 Å². The lowest BCUT2D eigenvalue weighted by Crippen LogP contribution is -3.18. The fourth-order valence-corrected chi connectivity index (χ4v) is 4.01. The Morgan fingerprint density at radius 2 is 1.96 bits per heavy atom. The maximum Gasteiger partial charge on any atom is 0.260 e. The van der Waals surface area contributed by atoms with Crippen LogP contribution in [0, 0.1) is 5.92 Å². The van der Waals surface area contributed by atoms with E-state index in [1.165, 1.54) is 25.7 Å². The Hall–Kier alpha value is -1.55. The van der Waals surface area contributed by atoms with Crippen LogP contribution in [0.25, 0.3) is 0 Å². The highest BCUT2D eigenvalue weighted by Gasteiger charge is 2.31. The second kappa shape index (κ2) is 7.82. The van der Waals surface area contributed by atoms with E-state index in [1.807, 2.05) is 35.2 Å². The Kier molecular flexibility index (Phi) is 5.55. The van der Waals surface area contributed by atoms with Gasteiger partial charge in [-0.05, 0) is 30.9 Å². The molecule has 3 rings (SSSR count). The second-order valence-electron chi connectivity index (χ2n) is 7.11. The molecule has 1 aromatic carbocycles. The number of amides is 1. The first-order valence-electron chi connectivity index (χ1n) is 9.02. The minimum Gasteiger partial charge on any atom is -0.484 e. The maximum absolute atomic E-state index is 12.3. The first-order chi connectivity index (χ1) is 11.2. The number of quaternary nitrogens is 1. The van der Waals surface area contributed by atoms with Gasteiger partial charge in [0.15, 0.2) is 6.61 Å². The standard InChI is InChI=1S/C19H28N2O2/c1-16-6-5-7-17(14-16)20-10-12-21(13-11-20)19(22)15-23-18-8-3-2-4-9-18/h2-4,8-9,16-17H,5-7,10-15H2,1H3/p+1. The van der Waals surface area contributed by atoms with E-state index in [0.29, 0.717) is 0 Å². The van der Waals surface area contributed by atoms with Crippen LogP contribution in [0.4, 0.5) is 0 Å². The second-order valence-corrected chi connectivity index (χ2v) is 7.11. The van der Waals surface area contributed by atoms with Gasteiger partial charge in [0, 0.05) is 6.42 Å². The summed E-state index contributed by atoms with van der Waals surface area (Å²) in [5.41, 5.74) is 0. The van der Waals surface area contributed by atoms with Crippen LogP contribution in [0.3, 0.4) is 0 Å². The van der Waals surface area contributed by atoms with Crippen molar-refractivity contribution in [2.45, 2.75) is 38.6 Å². The quantitative estimate of drug-likeness (QED) is 0.910. The van der Waals surface area contributed by atoms with Crippen molar-refractivity contribution in [3.63, 3.8) is 0 Å². The third-order valence-corrected chi connectivity index (χ3v) is 5.38. The fourth-order valence-electron chi connectivity index (χ4n) is 4.01. The van der Waals surface area contributed by atoms with E-state index >= 15 is 0 Å². The highest BCUT2D eigenvalue weighted by Crippen LogP contribution is 2.22. The molecule has 1 aliphatic heterocycles. The first kappa shape index (κ1) is 16.3. The molecule has 2 atom stereocenters. The summed E-state index contributed by atoms with van der Waals surface area (Å²) in [5.74, 6) is 1.76. The minimum atomic E-state index is 0.116. The van der Waals surface area contributed by atoms with E-state index in [0.717, 1.165) is 43.9 Å². The maximum atomic E-state index is 12.3. The smallest absolute Gasteiger partial charge is 0.260 e. The summed E-state index contributed by atoms with van der Waals surface area (Å²) in [6.45, 7) is 6.46. The molecule has 0 radical (unpaired) electrons. The summed E-state index contributed by atoms with van der Waals surface area (Å²) in [5, 5.41) is 0. The van der Waals surface area contributed by atoms with Crippen LogP contribution in [0.1, 0.15) is 32.6 Å². The van der Waals surface area contributed by atoms with E-state index in [9.17, 15) is 4.79 Å². The first-order valence-corrected chi connectivity index (χ1v) is 9.02. The minimum absolute atomic E-state index is 0.116. The van der Waals surface area contributed by atoms with Crippen molar-refractivity contribution >= 4 is 5.91 Å². The summed E-state index contributed by atoms with van der Waals surface area (Å²) >= 11 is 0. The monoisotopic (exact) mass is 317 g/mol. The number of benzene rings is 1. The van der Waals surface area contributed by atoms with Gasteiger partial charge in [0.25, 0.3) is 5.91 Å².